The first-order valence-electron chi connectivity index (χ1n) is 8.74. The van der Waals surface area contributed by atoms with E-state index in [0.717, 1.165) is 12.0 Å². The number of thioether (sulfide) groups is 1. The van der Waals surface area contributed by atoms with Gasteiger partial charge >= 0.3 is 5.97 Å². The van der Waals surface area contributed by atoms with Crippen LogP contribution in [0.15, 0.2) is 35.5 Å². The van der Waals surface area contributed by atoms with Crippen molar-refractivity contribution in [3.05, 3.63) is 30.3 Å². The van der Waals surface area contributed by atoms with Gasteiger partial charge in [-0.15, -0.1) is 5.10 Å². The molecule has 3 rings (SSSR count). The normalized spacial score (nSPS) is 22.6. The van der Waals surface area contributed by atoms with Crippen molar-refractivity contribution < 1.29 is 14.3 Å². The predicted octanol–water partition coefficient (Wildman–Crippen LogP) is 3.50. The molecule has 0 saturated carbocycles. The van der Waals surface area contributed by atoms with Crippen LogP contribution in [0.1, 0.15) is 33.6 Å². The Hall–Kier alpha value is -2.15. The summed E-state index contributed by atoms with van der Waals surface area (Å²) in [6.45, 7) is 5.84. The maximum Gasteiger partial charge on any atom is 0.310 e. The Morgan fingerprint density at radius 3 is 2.81 bits per heavy atom. The molecule has 2 atom stereocenters. The molecule has 0 amide bonds. The number of hydrogen-bond acceptors (Lipinski definition) is 6. The van der Waals surface area contributed by atoms with Crippen LogP contribution in [-0.2, 0) is 14.3 Å². The molecule has 7 heteroatoms. The molecule has 0 bridgehead atoms. The minimum absolute atomic E-state index is 0.104. The third-order valence-corrected chi connectivity index (χ3v) is 5.33. The van der Waals surface area contributed by atoms with Crippen molar-refractivity contribution in [3.8, 4) is 11.4 Å². The smallest absolute Gasteiger partial charge is 0.310 e. The number of Topliss-reactive ketones (excluding diaryl/α,β-unsaturated/α-hetero) is 1. The lowest BCUT2D eigenvalue weighted by molar-refractivity contribution is -0.156. The summed E-state index contributed by atoms with van der Waals surface area (Å²) in [4.78, 5) is 29.1. The summed E-state index contributed by atoms with van der Waals surface area (Å²) < 4.78 is 5.44. The summed E-state index contributed by atoms with van der Waals surface area (Å²) in [6.07, 6.45) is 1.20. The first-order valence-corrected chi connectivity index (χ1v) is 9.73. The maximum absolute atomic E-state index is 12.6. The highest BCUT2D eigenvalue weighted by atomic mass is 32.2. The van der Waals surface area contributed by atoms with Crippen molar-refractivity contribution in [1.29, 1.82) is 0 Å². The average Bonchev–Trinajstić information content (AvgIpc) is 3.18. The van der Waals surface area contributed by atoms with Gasteiger partial charge in [0.2, 0.25) is 5.16 Å². The fourth-order valence-electron chi connectivity index (χ4n) is 3.14. The Labute approximate surface area is 157 Å². The molecule has 1 N–H and O–H groups in total. The number of nitrogens with zero attached hydrogens (tertiary/aromatic N) is 2. The number of benzene rings is 1. The van der Waals surface area contributed by atoms with Crippen molar-refractivity contribution in [2.45, 2.75) is 44.4 Å². The molecule has 2 aromatic rings. The van der Waals surface area contributed by atoms with Gasteiger partial charge in [0.1, 0.15) is 0 Å². The fraction of sp³-hybridized carbons (Fsp3) is 0.474. The average molecular weight is 373 g/mol. The largest absolute Gasteiger partial charge is 0.451 e. The van der Waals surface area contributed by atoms with Gasteiger partial charge in [0, 0.05) is 12.0 Å². The monoisotopic (exact) mass is 373 g/mol. The molecule has 0 spiro atoms. The van der Waals surface area contributed by atoms with Gasteiger partial charge in [0.15, 0.2) is 17.2 Å². The van der Waals surface area contributed by atoms with Crippen LogP contribution in [0.2, 0.25) is 0 Å². The molecule has 2 heterocycles. The third kappa shape index (κ3) is 4.15. The molecule has 1 aliphatic heterocycles. The predicted molar refractivity (Wildman–Crippen MR) is 99.6 cm³/mol. The van der Waals surface area contributed by atoms with Crippen molar-refractivity contribution in [2.24, 2.45) is 11.8 Å². The maximum atomic E-state index is 12.6. The van der Waals surface area contributed by atoms with E-state index in [2.05, 4.69) is 29.0 Å². The first-order chi connectivity index (χ1) is 12.4. The topological polar surface area (TPSA) is 84.9 Å². The lowest BCUT2D eigenvalue weighted by Crippen LogP contribution is -2.36. The van der Waals surface area contributed by atoms with Crippen LogP contribution < -0.4 is 0 Å². The summed E-state index contributed by atoms with van der Waals surface area (Å²) in [5.41, 5.74) is -0.103. The van der Waals surface area contributed by atoms with Crippen molar-refractivity contribution >= 4 is 23.5 Å². The van der Waals surface area contributed by atoms with Crippen LogP contribution in [0.5, 0.6) is 0 Å². The van der Waals surface area contributed by atoms with E-state index in [9.17, 15) is 9.59 Å². The molecule has 1 fully saturated rings. The van der Waals surface area contributed by atoms with Crippen LogP contribution in [0, 0.1) is 11.8 Å². The molecule has 1 aromatic carbocycles. The fourth-order valence-corrected chi connectivity index (χ4v) is 3.97. The molecule has 138 valence electrons. The van der Waals surface area contributed by atoms with Crippen LogP contribution in [-0.4, -0.2) is 38.3 Å². The number of H-pyrrole nitrogens is 1. The Balaban J connectivity index is 1.59. The zero-order valence-corrected chi connectivity index (χ0v) is 16.0. The Morgan fingerprint density at radius 2 is 2.12 bits per heavy atom. The summed E-state index contributed by atoms with van der Waals surface area (Å²) in [5.74, 6) is 0.670. The SMILES string of the molecule is CC(C)C[C@H]1C[C@@](C)(C(=O)CSc2n[nH]c(-c3ccccc3)n2)OC1=O. The minimum atomic E-state index is -1.04. The van der Waals surface area contributed by atoms with Crippen LogP contribution in [0.3, 0.4) is 0 Å². The van der Waals surface area contributed by atoms with Gasteiger partial charge in [0.25, 0.3) is 0 Å². The zero-order valence-electron chi connectivity index (χ0n) is 15.2. The van der Waals surface area contributed by atoms with Gasteiger partial charge in [-0.3, -0.25) is 14.7 Å². The van der Waals surface area contributed by atoms with E-state index in [-0.39, 0.29) is 23.4 Å². The lowest BCUT2D eigenvalue weighted by atomic mass is 9.88. The number of carbonyl (C=O) groups excluding carboxylic acids is 2. The highest BCUT2D eigenvalue weighted by Gasteiger charge is 2.48. The number of carbonyl (C=O) groups is 2. The number of rotatable bonds is 7. The number of ketones is 1. The van der Waals surface area contributed by atoms with Gasteiger partial charge in [-0.1, -0.05) is 55.9 Å². The van der Waals surface area contributed by atoms with Gasteiger partial charge in [-0.2, -0.15) is 0 Å². The highest BCUT2D eigenvalue weighted by Crippen LogP contribution is 2.36. The van der Waals surface area contributed by atoms with E-state index in [4.69, 9.17) is 4.74 Å². The van der Waals surface area contributed by atoms with Crippen molar-refractivity contribution in [2.75, 3.05) is 5.75 Å². The van der Waals surface area contributed by atoms with Crippen LogP contribution >= 0.6 is 11.8 Å². The van der Waals surface area contributed by atoms with Crippen molar-refractivity contribution in [3.63, 3.8) is 0 Å². The molecule has 6 nitrogen and oxygen atoms in total. The second kappa shape index (κ2) is 7.61. The zero-order chi connectivity index (χ0) is 18.7. The molecule has 1 aromatic heterocycles. The molecular formula is C19H23N3O3S. The molecule has 1 saturated heterocycles. The van der Waals surface area contributed by atoms with E-state index >= 15 is 0 Å². The van der Waals surface area contributed by atoms with Crippen molar-refractivity contribution in [1.82, 2.24) is 15.2 Å². The molecule has 0 unspecified atom stereocenters. The second-order valence-corrected chi connectivity index (χ2v) is 8.17. The van der Waals surface area contributed by atoms with Gasteiger partial charge in [-0.05, 0) is 19.3 Å². The van der Waals surface area contributed by atoms with Crippen LogP contribution in [0.4, 0.5) is 0 Å². The summed E-state index contributed by atoms with van der Waals surface area (Å²) in [5, 5.41) is 7.54. The van der Waals surface area contributed by atoms with Gasteiger partial charge in [0.05, 0.1) is 11.7 Å². The molecule has 1 aliphatic rings. The highest BCUT2D eigenvalue weighted by molar-refractivity contribution is 7.99. The molecule has 0 radical (unpaired) electrons. The van der Waals surface area contributed by atoms with E-state index in [0.29, 0.717) is 23.3 Å². The van der Waals surface area contributed by atoms with E-state index in [1.165, 1.54) is 11.8 Å². The van der Waals surface area contributed by atoms with E-state index in [1.54, 1.807) is 6.92 Å². The summed E-state index contributed by atoms with van der Waals surface area (Å²) in [6, 6.07) is 9.67. The number of ether oxygens (including phenoxy) is 1. The Bertz CT molecular complexity index is 790. The molecular weight excluding hydrogens is 350 g/mol. The molecule has 0 aliphatic carbocycles. The van der Waals surface area contributed by atoms with E-state index in [1.807, 2.05) is 30.3 Å². The number of aromatic nitrogens is 3. The van der Waals surface area contributed by atoms with E-state index < -0.39 is 5.60 Å². The quantitative estimate of drug-likeness (QED) is 0.591. The number of cyclic esters (lactones) is 1. The number of hydrogen-bond donors (Lipinski definition) is 1. The van der Waals surface area contributed by atoms with Gasteiger partial charge in [-0.25, -0.2) is 4.98 Å². The Morgan fingerprint density at radius 1 is 1.38 bits per heavy atom. The third-order valence-electron chi connectivity index (χ3n) is 4.49. The van der Waals surface area contributed by atoms with Gasteiger partial charge < -0.3 is 4.74 Å². The number of nitrogens with one attached hydrogen (secondary N) is 1. The van der Waals surface area contributed by atoms with Crippen LogP contribution in [0.25, 0.3) is 11.4 Å². The lowest BCUT2D eigenvalue weighted by Gasteiger charge is -2.20. The molecule has 26 heavy (non-hydrogen) atoms. The Kier molecular flexibility index (Phi) is 5.46. The summed E-state index contributed by atoms with van der Waals surface area (Å²) in [7, 11) is 0. The number of esters is 1. The second-order valence-electron chi connectivity index (χ2n) is 7.23. The first kappa shape index (κ1) is 18.6. The minimum Gasteiger partial charge on any atom is -0.451 e. The summed E-state index contributed by atoms with van der Waals surface area (Å²) >= 11 is 1.25. The standard InChI is InChI=1S/C19H23N3O3S/c1-12(2)9-14-10-19(3,25-17(14)24)15(23)11-26-18-20-16(21-22-18)13-7-5-4-6-8-13/h4-8,12,14H,9-11H2,1-3H3,(H,20,21,22)/t14-,19-/m0/s1. The number of aromatic amines is 1.